The lowest BCUT2D eigenvalue weighted by Crippen LogP contribution is -2.67. The second kappa shape index (κ2) is 17.8. The molecule has 0 spiro atoms. The minimum atomic E-state index is -1.88. The summed E-state index contributed by atoms with van der Waals surface area (Å²) in [7, 11) is 0. The van der Waals surface area contributed by atoms with E-state index in [1.54, 1.807) is 0 Å². The van der Waals surface area contributed by atoms with E-state index in [-0.39, 0.29) is 46.0 Å². The predicted molar refractivity (Wildman–Crippen MR) is 226 cm³/mol. The van der Waals surface area contributed by atoms with Crippen molar-refractivity contribution < 1.29 is 89.4 Å². The highest BCUT2D eigenvalue weighted by atomic mass is 16.8. The quantitative estimate of drug-likeness (QED) is 0.104. The third-order valence-corrected chi connectivity index (χ3v) is 19.1. The molecule has 8 aliphatic rings. The highest BCUT2D eigenvalue weighted by Gasteiger charge is 2.70. The van der Waals surface area contributed by atoms with Gasteiger partial charge in [0.1, 0.15) is 67.1 Å². The zero-order valence-electron chi connectivity index (χ0n) is 38.6. The van der Waals surface area contributed by atoms with Crippen molar-refractivity contribution in [2.75, 3.05) is 26.4 Å². The molecular formula is C47H76O18. The van der Waals surface area contributed by atoms with E-state index in [0.29, 0.717) is 25.7 Å². The molecule has 2 unspecified atom stereocenters. The number of hydrogen-bond acceptors (Lipinski definition) is 17. The highest BCUT2D eigenvalue weighted by molar-refractivity contribution is 5.76. The number of aliphatic hydroxyl groups is 10. The van der Waals surface area contributed by atoms with E-state index in [1.807, 2.05) is 6.92 Å². The molecule has 7 fully saturated rings. The van der Waals surface area contributed by atoms with Gasteiger partial charge in [-0.25, -0.2) is 0 Å². The number of carbonyl (C=O) groups is 1. The largest absolute Gasteiger partial charge is 0.481 e. The van der Waals surface area contributed by atoms with Gasteiger partial charge in [-0.05, 0) is 104 Å². The Labute approximate surface area is 380 Å². The SMILES string of the molecule is CC1(C)CC[C@]2(C(=O)O)CC[C@]3(C)C(=CC[C@@H]4[C@@]5(C)CC[C@H](O[C@@H]6OC[C@H](O)[C@H](O[C@H]7O[C@H](CO)[C@@H](O)[C@H](O)[C@H]7O)[C@H]6O[C@H]6O[C@H](CO)[C@@H](O)[C@H](O)[C@H]6O)C(C)(CO)C5CC[C@]43C)[C@H]2C1. The Balaban J connectivity index is 1.09. The summed E-state index contributed by atoms with van der Waals surface area (Å²) in [4.78, 5) is 13.2. The topological polar surface area (TPSA) is 295 Å². The number of ether oxygens (including phenoxy) is 6. The Hall–Kier alpha value is -1.43. The smallest absolute Gasteiger partial charge is 0.310 e. The van der Waals surface area contributed by atoms with E-state index in [1.165, 1.54) is 5.57 Å². The van der Waals surface area contributed by atoms with Crippen LogP contribution in [0.25, 0.3) is 0 Å². The van der Waals surface area contributed by atoms with Gasteiger partial charge >= 0.3 is 5.97 Å². The first kappa shape index (κ1) is 50.0. The summed E-state index contributed by atoms with van der Waals surface area (Å²) in [5.41, 5.74) is -0.894. The molecule has 0 amide bonds. The molecule has 65 heavy (non-hydrogen) atoms. The maximum absolute atomic E-state index is 13.2. The molecule has 11 N–H and O–H groups in total. The van der Waals surface area contributed by atoms with Gasteiger partial charge in [0.05, 0.1) is 37.9 Å². The van der Waals surface area contributed by atoms with Crippen LogP contribution in [0.1, 0.15) is 106 Å². The van der Waals surface area contributed by atoms with Gasteiger partial charge in [-0.3, -0.25) is 4.79 Å². The van der Waals surface area contributed by atoms with Crippen LogP contribution in [-0.2, 0) is 33.2 Å². The van der Waals surface area contributed by atoms with Crippen LogP contribution < -0.4 is 0 Å². The fourth-order valence-electron chi connectivity index (χ4n) is 14.9. The standard InChI is InChI=1S/C47H76O18/c1-42(2)13-15-47(41(58)59)16-14-45(5)22(23(47)17-42)7-8-28-43(3)11-10-29(44(4,21-50)27(43)9-12-46(28,45)6)63-40-37(65-39-35(57)33(55)31(53)26(19-49)62-39)36(24(51)20-60-40)64-38-34(56)32(54)30(52)25(18-48)61-38/h7,23-40,48-57H,8-21H2,1-6H3,(H,58,59)/t23-,24+,25-,26-,27?,28-,29+,30-,31-,32+,33+,34-,35-,36+,37-,38-,39-,40+,43+,44?,45-,46-,47+/m1/s1. The molecule has 0 aromatic heterocycles. The zero-order chi connectivity index (χ0) is 47.4. The Kier molecular flexibility index (Phi) is 13.7. The van der Waals surface area contributed by atoms with Crippen LogP contribution in [0, 0.1) is 50.2 Å². The maximum Gasteiger partial charge on any atom is 0.310 e. The zero-order valence-corrected chi connectivity index (χ0v) is 38.6. The van der Waals surface area contributed by atoms with Crippen LogP contribution in [-0.4, -0.2) is 181 Å². The molecular weight excluding hydrogens is 852 g/mol. The van der Waals surface area contributed by atoms with Crippen molar-refractivity contribution in [2.45, 2.75) is 198 Å². The molecule has 8 rings (SSSR count). The average Bonchev–Trinajstić information content (AvgIpc) is 3.26. The van der Waals surface area contributed by atoms with Gasteiger partial charge in [-0.15, -0.1) is 0 Å². The summed E-state index contributed by atoms with van der Waals surface area (Å²) in [5.74, 6) is -0.544. The van der Waals surface area contributed by atoms with Crippen molar-refractivity contribution in [1.29, 1.82) is 0 Å². The number of aliphatic carboxylic acids is 1. The van der Waals surface area contributed by atoms with Crippen LogP contribution in [0.15, 0.2) is 11.6 Å². The molecule has 18 nitrogen and oxygen atoms in total. The molecule has 5 aliphatic carbocycles. The van der Waals surface area contributed by atoms with Crippen LogP contribution in [0.3, 0.4) is 0 Å². The van der Waals surface area contributed by atoms with Gasteiger partial charge in [0, 0.05) is 5.41 Å². The summed E-state index contributed by atoms with van der Waals surface area (Å²) < 4.78 is 36.7. The first-order valence-corrected chi connectivity index (χ1v) is 23.9. The van der Waals surface area contributed by atoms with Gasteiger partial charge < -0.3 is 84.6 Å². The third-order valence-electron chi connectivity index (χ3n) is 19.1. The number of aliphatic hydroxyl groups excluding tert-OH is 10. The second-order valence-electron chi connectivity index (χ2n) is 22.9. The summed E-state index contributed by atoms with van der Waals surface area (Å²) >= 11 is 0. The number of carboxylic acid groups (broad SMARTS) is 1. The minimum absolute atomic E-state index is 0.0293. The number of fused-ring (bicyclic) bond motifs is 7. The van der Waals surface area contributed by atoms with Crippen LogP contribution in [0.4, 0.5) is 0 Å². The summed E-state index contributed by atoms with van der Waals surface area (Å²) in [6.07, 6.45) is -13.9. The summed E-state index contributed by atoms with van der Waals surface area (Å²) in [6.45, 7) is 11.5. The Morgan fingerprint density at radius 3 is 1.83 bits per heavy atom. The van der Waals surface area contributed by atoms with Gasteiger partial charge in [0.2, 0.25) is 0 Å². The third kappa shape index (κ3) is 7.80. The second-order valence-corrected chi connectivity index (χ2v) is 22.9. The van der Waals surface area contributed by atoms with E-state index >= 15 is 0 Å². The van der Waals surface area contributed by atoms with E-state index in [9.17, 15) is 61.0 Å². The van der Waals surface area contributed by atoms with Gasteiger partial charge in [0.15, 0.2) is 18.9 Å². The van der Waals surface area contributed by atoms with Gasteiger partial charge in [-0.2, -0.15) is 0 Å². The van der Waals surface area contributed by atoms with Gasteiger partial charge in [-0.1, -0.05) is 53.2 Å². The normalized spacial score (nSPS) is 54.3. The van der Waals surface area contributed by atoms with Crippen molar-refractivity contribution in [3.05, 3.63) is 11.6 Å². The lowest BCUT2D eigenvalue weighted by molar-refractivity contribution is -0.390. The number of allylic oxidation sites excluding steroid dienone is 2. The Morgan fingerprint density at radius 1 is 0.677 bits per heavy atom. The molecule has 0 aromatic carbocycles. The van der Waals surface area contributed by atoms with Crippen LogP contribution in [0.2, 0.25) is 0 Å². The lowest BCUT2D eigenvalue weighted by atomic mass is 9.33. The van der Waals surface area contributed by atoms with Crippen molar-refractivity contribution in [3.63, 3.8) is 0 Å². The van der Waals surface area contributed by atoms with Crippen LogP contribution >= 0.6 is 0 Å². The molecule has 3 aliphatic heterocycles. The number of rotatable bonds is 10. The molecule has 372 valence electrons. The minimum Gasteiger partial charge on any atom is -0.481 e. The van der Waals surface area contributed by atoms with Crippen molar-refractivity contribution in [1.82, 2.24) is 0 Å². The summed E-state index contributed by atoms with van der Waals surface area (Å²) in [5, 5.41) is 118. The van der Waals surface area contributed by atoms with E-state index < -0.39 is 129 Å². The molecule has 18 heteroatoms. The first-order chi connectivity index (χ1) is 30.5. The molecule has 0 bridgehead atoms. The van der Waals surface area contributed by atoms with E-state index in [2.05, 4.69) is 40.7 Å². The monoisotopic (exact) mass is 929 g/mol. The lowest BCUT2D eigenvalue weighted by Gasteiger charge is -2.71. The van der Waals surface area contributed by atoms with Crippen molar-refractivity contribution in [2.24, 2.45) is 50.2 Å². The molecule has 4 saturated carbocycles. The fourth-order valence-corrected chi connectivity index (χ4v) is 14.9. The Morgan fingerprint density at radius 2 is 1.26 bits per heavy atom. The van der Waals surface area contributed by atoms with Crippen molar-refractivity contribution >= 4 is 5.97 Å². The molecule has 3 heterocycles. The van der Waals surface area contributed by atoms with Crippen molar-refractivity contribution in [3.8, 4) is 0 Å². The average molecular weight is 929 g/mol. The number of carboxylic acids is 1. The molecule has 3 saturated heterocycles. The Bertz CT molecular complexity index is 1760. The fraction of sp³-hybridized carbons (Fsp3) is 0.936. The first-order valence-electron chi connectivity index (χ1n) is 23.9. The summed E-state index contributed by atoms with van der Waals surface area (Å²) in [6, 6.07) is 0. The van der Waals surface area contributed by atoms with Gasteiger partial charge in [0.25, 0.3) is 0 Å². The molecule has 0 aromatic rings. The maximum atomic E-state index is 13.2. The van der Waals surface area contributed by atoms with E-state index in [0.717, 1.165) is 38.5 Å². The molecule has 0 radical (unpaired) electrons. The predicted octanol–water partition coefficient (Wildman–Crippen LogP) is 0.318. The van der Waals surface area contributed by atoms with E-state index in [4.69, 9.17) is 28.4 Å². The number of hydrogen-bond donors (Lipinski definition) is 11. The molecule has 23 atom stereocenters. The van der Waals surface area contributed by atoms with Crippen LogP contribution in [0.5, 0.6) is 0 Å². The highest BCUT2D eigenvalue weighted by Crippen LogP contribution is 2.76.